The van der Waals surface area contributed by atoms with Crippen LogP contribution in [0.2, 0.25) is 0 Å². The van der Waals surface area contributed by atoms with Gasteiger partial charge in [-0.3, -0.25) is 0 Å². The predicted octanol–water partition coefficient (Wildman–Crippen LogP) is 2.28. The number of aromatic nitrogens is 4. The Morgan fingerprint density at radius 3 is 2.67 bits per heavy atom. The van der Waals surface area contributed by atoms with Gasteiger partial charge in [-0.15, -0.1) is 0 Å². The van der Waals surface area contributed by atoms with Crippen LogP contribution in [0.25, 0.3) is 16.3 Å². The van der Waals surface area contributed by atoms with Crippen LogP contribution in [0.5, 0.6) is 0 Å². The van der Waals surface area contributed by atoms with Crippen molar-refractivity contribution >= 4 is 16.5 Å². The highest BCUT2D eigenvalue weighted by Gasteiger charge is 2.13. The first-order valence-electron chi connectivity index (χ1n) is 5.42. The molecule has 0 radical (unpaired) electrons. The van der Waals surface area contributed by atoms with Crippen molar-refractivity contribution in [3.8, 4) is 16.3 Å². The van der Waals surface area contributed by atoms with Crippen molar-refractivity contribution in [3.63, 3.8) is 0 Å². The van der Waals surface area contributed by atoms with E-state index in [1.165, 1.54) is 23.2 Å². The van der Waals surface area contributed by atoms with Crippen LogP contribution in [-0.4, -0.2) is 19.7 Å². The topological polar surface area (TPSA) is 69.6 Å². The highest BCUT2D eigenvalue weighted by molar-refractivity contribution is 7.18. The summed E-state index contributed by atoms with van der Waals surface area (Å²) in [6.07, 6.45) is 3.14. The summed E-state index contributed by atoms with van der Waals surface area (Å²) in [5.41, 5.74) is 8.87. The second-order valence-electron chi connectivity index (χ2n) is 3.91. The fourth-order valence-electron chi connectivity index (χ4n) is 1.70. The monoisotopic (exact) mass is 257 g/mol. The van der Waals surface area contributed by atoms with Crippen LogP contribution < -0.4 is 5.73 Å². The lowest BCUT2D eigenvalue weighted by Crippen LogP contribution is -1.94. The van der Waals surface area contributed by atoms with E-state index in [4.69, 9.17) is 5.73 Å². The normalized spacial score (nSPS) is 10.7. The van der Waals surface area contributed by atoms with Crippen LogP contribution in [0.15, 0.2) is 36.9 Å². The molecule has 6 heteroatoms. The number of rotatable bonds is 2. The first kappa shape index (κ1) is 10.9. The number of anilines is 1. The highest BCUT2D eigenvalue weighted by Crippen LogP contribution is 2.32. The third-order valence-electron chi connectivity index (χ3n) is 2.58. The smallest absolute Gasteiger partial charge is 0.182 e. The third kappa shape index (κ3) is 1.86. The van der Waals surface area contributed by atoms with Crippen molar-refractivity contribution < 1.29 is 0 Å². The van der Waals surface area contributed by atoms with E-state index < -0.39 is 0 Å². The predicted molar refractivity (Wildman–Crippen MR) is 71.6 cm³/mol. The minimum absolute atomic E-state index is 0.524. The lowest BCUT2D eigenvalue weighted by Gasteiger charge is -2.02. The van der Waals surface area contributed by atoms with Crippen LogP contribution in [0, 0.1) is 6.92 Å². The maximum Gasteiger partial charge on any atom is 0.182 e. The average Bonchev–Trinajstić information content (AvgIpc) is 2.98. The summed E-state index contributed by atoms with van der Waals surface area (Å²) in [6.45, 7) is 2.05. The summed E-state index contributed by atoms with van der Waals surface area (Å²) in [5.74, 6) is 0. The summed E-state index contributed by atoms with van der Waals surface area (Å²) in [7, 11) is 0. The van der Waals surface area contributed by atoms with Gasteiger partial charge in [0.15, 0.2) is 5.13 Å². The molecule has 90 valence electrons. The van der Waals surface area contributed by atoms with Crippen LogP contribution >= 0.6 is 11.3 Å². The Morgan fingerprint density at radius 2 is 2.00 bits per heavy atom. The molecule has 0 spiro atoms. The molecular weight excluding hydrogens is 246 g/mol. The SMILES string of the molecule is Cc1ccc(-c2nc(N)sc2-n2cncn2)cc1. The Balaban J connectivity index is 2.15. The molecule has 0 bridgehead atoms. The van der Waals surface area contributed by atoms with Gasteiger partial charge in [0.1, 0.15) is 23.3 Å². The Morgan fingerprint density at radius 1 is 1.22 bits per heavy atom. The van der Waals surface area contributed by atoms with E-state index in [-0.39, 0.29) is 0 Å². The molecule has 0 saturated carbocycles. The first-order valence-corrected chi connectivity index (χ1v) is 6.24. The summed E-state index contributed by atoms with van der Waals surface area (Å²) in [4.78, 5) is 8.32. The zero-order valence-electron chi connectivity index (χ0n) is 9.74. The quantitative estimate of drug-likeness (QED) is 0.764. The Hall–Kier alpha value is -2.21. The minimum Gasteiger partial charge on any atom is -0.375 e. The van der Waals surface area contributed by atoms with E-state index in [9.17, 15) is 0 Å². The molecule has 0 saturated heterocycles. The van der Waals surface area contributed by atoms with Gasteiger partial charge in [-0.1, -0.05) is 41.2 Å². The lowest BCUT2D eigenvalue weighted by molar-refractivity contribution is 0.895. The van der Waals surface area contributed by atoms with E-state index in [1.54, 1.807) is 11.0 Å². The van der Waals surface area contributed by atoms with E-state index in [2.05, 4.69) is 34.1 Å². The number of nitrogens with two attached hydrogens (primary N) is 1. The van der Waals surface area contributed by atoms with E-state index in [0.29, 0.717) is 5.13 Å². The van der Waals surface area contributed by atoms with Crippen molar-refractivity contribution in [1.82, 2.24) is 19.7 Å². The molecule has 0 fully saturated rings. The maximum absolute atomic E-state index is 5.80. The summed E-state index contributed by atoms with van der Waals surface area (Å²) < 4.78 is 1.68. The zero-order valence-corrected chi connectivity index (χ0v) is 10.6. The lowest BCUT2D eigenvalue weighted by atomic mass is 10.1. The summed E-state index contributed by atoms with van der Waals surface area (Å²) >= 11 is 1.40. The van der Waals surface area contributed by atoms with Gasteiger partial charge in [0.05, 0.1) is 0 Å². The van der Waals surface area contributed by atoms with Gasteiger partial charge in [-0.25, -0.2) is 14.6 Å². The number of aryl methyl sites for hydroxylation is 1. The molecule has 1 aromatic carbocycles. The minimum atomic E-state index is 0.524. The van der Waals surface area contributed by atoms with Gasteiger partial charge in [0.25, 0.3) is 0 Å². The highest BCUT2D eigenvalue weighted by atomic mass is 32.1. The molecule has 0 atom stereocenters. The van der Waals surface area contributed by atoms with Crippen LogP contribution in [-0.2, 0) is 0 Å². The van der Waals surface area contributed by atoms with Crippen molar-refractivity contribution in [2.45, 2.75) is 6.92 Å². The fraction of sp³-hybridized carbons (Fsp3) is 0.0833. The van der Waals surface area contributed by atoms with Gasteiger partial charge in [0.2, 0.25) is 0 Å². The molecule has 2 aromatic heterocycles. The number of benzene rings is 1. The zero-order chi connectivity index (χ0) is 12.5. The molecule has 0 amide bonds. The summed E-state index contributed by atoms with van der Waals surface area (Å²) in [6, 6.07) is 8.17. The molecule has 5 nitrogen and oxygen atoms in total. The standard InChI is InChI=1S/C12H11N5S/c1-8-2-4-9(5-3-8)10-11(18-12(13)16-10)17-7-14-6-15-17/h2-7H,1H3,(H2,13,16). The summed E-state index contributed by atoms with van der Waals surface area (Å²) in [5, 5.41) is 5.53. The molecule has 3 aromatic rings. The van der Waals surface area contributed by atoms with Gasteiger partial charge >= 0.3 is 0 Å². The second kappa shape index (κ2) is 4.23. The van der Waals surface area contributed by atoms with E-state index >= 15 is 0 Å². The fourth-order valence-corrected chi connectivity index (χ4v) is 2.48. The van der Waals surface area contributed by atoms with Gasteiger partial charge in [-0.05, 0) is 6.92 Å². The van der Waals surface area contributed by atoms with E-state index in [0.717, 1.165) is 16.3 Å². The largest absolute Gasteiger partial charge is 0.375 e. The maximum atomic E-state index is 5.80. The van der Waals surface area contributed by atoms with Gasteiger partial charge in [-0.2, -0.15) is 5.10 Å². The molecular formula is C12H11N5S. The Bertz CT molecular complexity index is 654. The Labute approximate surface area is 108 Å². The van der Waals surface area contributed by atoms with Crippen molar-refractivity contribution in [2.24, 2.45) is 0 Å². The van der Waals surface area contributed by atoms with Crippen LogP contribution in [0.1, 0.15) is 5.56 Å². The van der Waals surface area contributed by atoms with Crippen LogP contribution in [0.3, 0.4) is 0 Å². The number of nitrogen functional groups attached to an aromatic ring is 1. The van der Waals surface area contributed by atoms with Gasteiger partial charge < -0.3 is 5.73 Å². The second-order valence-corrected chi connectivity index (χ2v) is 4.92. The van der Waals surface area contributed by atoms with Crippen LogP contribution in [0.4, 0.5) is 5.13 Å². The molecule has 2 N–H and O–H groups in total. The number of hydrogen-bond acceptors (Lipinski definition) is 5. The van der Waals surface area contributed by atoms with Crippen molar-refractivity contribution in [2.75, 3.05) is 5.73 Å². The third-order valence-corrected chi connectivity index (χ3v) is 3.45. The van der Waals surface area contributed by atoms with Gasteiger partial charge in [0, 0.05) is 5.56 Å². The first-order chi connectivity index (χ1) is 8.74. The van der Waals surface area contributed by atoms with E-state index in [1.807, 2.05) is 12.1 Å². The number of hydrogen-bond donors (Lipinski definition) is 1. The molecule has 0 aliphatic rings. The molecule has 3 rings (SSSR count). The molecule has 0 aliphatic carbocycles. The van der Waals surface area contributed by atoms with Crippen molar-refractivity contribution in [3.05, 3.63) is 42.5 Å². The number of nitrogens with zero attached hydrogens (tertiary/aromatic N) is 4. The Kier molecular flexibility index (Phi) is 2.56. The number of thiazole rings is 1. The van der Waals surface area contributed by atoms with Crippen molar-refractivity contribution in [1.29, 1.82) is 0 Å². The molecule has 0 aliphatic heterocycles. The molecule has 18 heavy (non-hydrogen) atoms. The molecule has 0 unspecified atom stereocenters. The molecule has 2 heterocycles. The average molecular weight is 257 g/mol.